The standard InChI is InChI=1S/2C9H11N/c1-7-2-3-9-8(6-7)4-5-10-9;1-7-2-3-8-4-5-10-9(8)6-7/h2*2-3,6,10H,4-5H2,1H3. The van der Waals surface area contributed by atoms with Crippen molar-refractivity contribution in [1.29, 1.82) is 0 Å². The number of anilines is 2. The van der Waals surface area contributed by atoms with Gasteiger partial charge >= 0.3 is 0 Å². The number of hydrogen-bond acceptors (Lipinski definition) is 2. The lowest BCUT2D eigenvalue weighted by atomic mass is 10.1. The number of aryl methyl sites for hydroxylation is 2. The molecule has 20 heavy (non-hydrogen) atoms. The van der Waals surface area contributed by atoms with Crippen LogP contribution in [0.1, 0.15) is 22.3 Å². The molecule has 0 bridgehead atoms. The summed E-state index contributed by atoms with van der Waals surface area (Å²) in [7, 11) is 0. The first-order valence-corrected chi connectivity index (χ1v) is 7.39. The van der Waals surface area contributed by atoms with Gasteiger partial charge in [-0.1, -0.05) is 29.8 Å². The second kappa shape index (κ2) is 5.58. The van der Waals surface area contributed by atoms with Crippen molar-refractivity contribution < 1.29 is 0 Å². The molecule has 2 aliphatic rings. The maximum Gasteiger partial charge on any atom is 0.0376 e. The Morgan fingerprint density at radius 3 is 2.20 bits per heavy atom. The summed E-state index contributed by atoms with van der Waals surface area (Å²) in [5.74, 6) is 0. The fraction of sp³-hybridized carbons (Fsp3) is 0.333. The van der Waals surface area contributed by atoms with Crippen molar-refractivity contribution in [3.63, 3.8) is 0 Å². The van der Waals surface area contributed by atoms with Gasteiger partial charge in [0, 0.05) is 24.5 Å². The molecule has 0 unspecified atom stereocenters. The predicted octanol–water partition coefficient (Wildman–Crippen LogP) is 3.93. The minimum Gasteiger partial charge on any atom is -0.384 e. The van der Waals surface area contributed by atoms with E-state index in [9.17, 15) is 0 Å². The van der Waals surface area contributed by atoms with Crippen LogP contribution in [0.15, 0.2) is 36.4 Å². The van der Waals surface area contributed by atoms with Crippen LogP contribution in [0, 0.1) is 13.8 Å². The first kappa shape index (κ1) is 13.0. The van der Waals surface area contributed by atoms with Crippen molar-refractivity contribution in [2.45, 2.75) is 26.7 Å². The van der Waals surface area contributed by atoms with Crippen molar-refractivity contribution in [2.24, 2.45) is 0 Å². The lowest BCUT2D eigenvalue weighted by molar-refractivity contribution is 1.10. The summed E-state index contributed by atoms with van der Waals surface area (Å²) in [4.78, 5) is 0. The largest absolute Gasteiger partial charge is 0.384 e. The van der Waals surface area contributed by atoms with Crippen molar-refractivity contribution in [2.75, 3.05) is 23.7 Å². The molecule has 0 amide bonds. The molecule has 0 aromatic heterocycles. The van der Waals surface area contributed by atoms with Gasteiger partial charge in [-0.2, -0.15) is 0 Å². The Labute approximate surface area is 121 Å². The second-order valence-corrected chi connectivity index (χ2v) is 5.67. The Bertz CT molecular complexity index is 561. The molecule has 0 aliphatic carbocycles. The highest BCUT2D eigenvalue weighted by molar-refractivity contribution is 5.57. The normalized spacial score (nSPS) is 14.5. The molecule has 2 N–H and O–H groups in total. The van der Waals surface area contributed by atoms with Crippen LogP contribution in [0.3, 0.4) is 0 Å². The van der Waals surface area contributed by atoms with Crippen LogP contribution in [0.4, 0.5) is 11.4 Å². The molecule has 2 nitrogen and oxygen atoms in total. The Morgan fingerprint density at radius 1 is 0.700 bits per heavy atom. The van der Waals surface area contributed by atoms with Crippen LogP contribution in [0.25, 0.3) is 0 Å². The molecule has 2 aromatic carbocycles. The van der Waals surface area contributed by atoms with Gasteiger partial charge in [0.05, 0.1) is 0 Å². The molecule has 0 radical (unpaired) electrons. The van der Waals surface area contributed by atoms with Crippen molar-refractivity contribution in [3.05, 3.63) is 58.7 Å². The van der Waals surface area contributed by atoms with E-state index in [0.29, 0.717) is 0 Å². The van der Waals surface area contributed by atoms with E-state index in [4.69, 9.17) is 0 Å². The predicted molar refractivity (Wildman–Crippen MR) is 86.7 cm³/mol. The zero-order valence-electron chi connectivity index (χ0n) is 12.3. The number of benzene rings is 2. The van der Waals surface area contributed by atoms with Gasteiger partial charge in [-0.3, -0.25) is 0 Å². The van der Waals surface area contributed by atoms with Gasteiger partial charge in [0.15, 0.2) is 0 Å². The van der Waals surface area contributed by atoms with E-state index in [0.717, 1.165) is 13.1 Å². The van der Waals surface area contributed by atoms with E-state index < -0.39 is 0 Å². The minimum absolute atomic E-state index is 1.11. The van der Waals surface area contributed by atoms with E-state index >= 15 is 0 Å². The van der Waals surface area contributed by atoms with Crippen molar-refractivity contribution in [1.82, 2.24) is 0 Å². The Balaban J connectivity index is 0.000000121. The second-order valence-electron chi connectivity index (χ2n) is 5.67. The van der Waals surface area contributed by atoms with E-state index in [1.807, 2.05) is 0 Å². The summed E-state index contributed by atoms with van der Waals surface area (Å²) in [5, 5.41) is 6.67. The highest BCUT2D eigenvalue weighted by Crippen LogP contribution is 2.23. The fourth-order valence-corrected chi connectivity index (χ4v) is 2.84. The lowest BCUT2D eigenvalue weighted by Gasteiger charge is -1.98. The molecule has 0 fully saturated rings. The topological polar surface area (TPSA) is 24.1 Å². The summed E-state index contributed by atoms with van der Waals surface area (Å²) >= 11 is 0. The molecular weight excluding hydrogens is 244 g/mol. The van der Waals surface area contributed by atoms with Gasteiger partial charge in [-0.05, 0) is 55.5 Å². The molecule has 2 heteroatoms. The van der Waals surface area contributed by atoms with Gasteiger partial charge in [-0.25, -0.2) is 0 Å². The van der Waals surface area contributed by atoms with Crippen molar-refractivity contribution >= 4 is 11.4 Å². The molecule has 104 valence electrons. The zero-order valence-corrected chi connectivity index (χ0v) is 12.3. The molecule has 0 saturated heterocycles. The first-order valence-electron chi connectivity index (χ1n) is 7.39. The summed E-state index contributed by atoms with van der Waals surface area (Å²) in [5.41, 5.74) is 8.30. The van der Waals surface area contributed by atoms with E-state index in [2.05, 4.69) is 60.9 Å². The van der Waals surface area contributed by atoms with Gasteiger partial charge in [-0.15, -0.1) is 0 Å². The van der Waals surface area contributed by atoms with Gasteiger partial charge in [0.2, 0.25) is 0 Å². The van der Waals surface area contributed by atoms with E-state index in [1.54, 1.807) is 0 Å². The summed E-state index contributed by atoms with van der Waals surface area (Å²) in [6, 6.07) is 13.2. The number of fused-ring (bicyclic) bond motifs is 2. The SMILES string of the molecule is Cc1ccc2c(c1)CCN2.Cc1ccc2c(c1)NCC2. The average molecular weight is 266 g/mol. The van der Waals surface area contributed by atoms with E-state index in [1.165, 1.54) is 46.5 Å². The summed E-state index contributed by atoms with van der Waals surface area (Å²) in [6.07, 6.45) is 2.38. The molecule has 2 aliphatic heterocycles. The molecular formula is C18H22N2. The number of nitrogens with one attached hydrogen (secondary N) is 2. The Morgan fingerprint density at radius 2 is 1.35 bits per heavy atom. The first-order chi connectivity index (χ1) is 9.72. The third-order valence-corrected chi connectivity index (χ3v) is 3.95. The molecule has 4 rings (SSSR count). The summed E-state index contributed by atoms with van der Waals surface area (Å²) < 4.78 is 0. The van der Waals surface area contributed by atoms with Crippen LogP contribution in [0.5, 0.6) is 0 Å². The molecule has 2 heterocycles. The van der Waals surface area contributed by atoms with Crippen molar-refractivity contribution in [3.8, 4) is 0 Å². The minimum atomic E-state index is 1.11. The number of hydrogen-bond donors (Lipinski definition) is 2. The average Bonchev–Trinajstić information content (AvgIpc) is 3.06. The monoisotopic (exact) mass is 266 g/mol. The smallest absolute Gasteiger partial charge is 0.0376 e. The third-order valence-electron chi connectivity index (χ3n) is 3.95. The van der Waals surface area contributed by atoms with Crippen LogP contribution in [-0.4, -0.2) is 13.1 Å². The van der Waals surface area contributed by atoms with Gasteiger partial charge in [0.25, 0.3) is 0 Å². The Kier molecular flexibility index (Phi) is 3.64. The third kappa shape index (κ3) is 2.79. The van der Waals surface area contributed by atoms with Gasteiger partial charge < -0.3 is 10.6 Å². The van der Waals surface area contributed by atoms with Crippen LogP contribution < -0.4 is 10.6 Å². The fourth-order valence-electron chi connectivity index (χ4n) is 2.84. The maximum absolute atomic E-state index is 3.34. The highest BCUT2D eigenvalue weighted by Gasteiger charge is 2.08. The molecule has 2 aromatic rings. The Hall–Kier alpha value is -1.96. The molecule has 0 spiro atoms. The summed E-state index contributed by atoms with van der Waals surface area (Å²) in [6.45, 7) is 6.48. The zero-order chi connectivity index (χ0) is 13.9. The highest BCUT2D eigenvalue weighted by atomic mass is 14.9. The molecule has 0 atom stereocenters. The van der Waals surface area contributed by atoms with Crippen LogP contribution >= 0.6 is 0 Å². The van der Waals surface area contributed by atoms with Crippen LogP contribution in [-0.2, 0) is 12.8 Å². The quantitative estimate of drug-likeness (QED) is 0.755. The lowest BCUT2D eigenvalue weighted by Crippen LogP contribution is -1.90. The molecule has 0 saturated carbocycles. The maximum atomic E-state index is 3.34. The number of rotatable bonds is 0. The van der Waals surface area contributed by atoms with Gasteiger partial charge in [0.1, 0.15) is 0 Å². The van der Waals surface area contributed by atoms with Crippen LogP contribution in [0.2, 0.25) is 0 Å². The van der Waals surface area contributed by atoms with E-state index in [-0.39, 0.29) is 0 Å².